The number of carbonyl (C=O) groups is 1. The molecule has 4 nitrogen and oxygen atoms in total. The van der Waals surface area contributed by atoms with Crippen molar-refractivity contribution >= 4 is 38.2 Å². The van der Waals surface area contributed by atoms with Gasteiger partial charge in [-0.05, 0) is 51.2 Å². The molecule has 1 saturated heterocycles. The molecule has 1 aromatic heterocycles. The van der Waals surface area contributed by atoms with Crippen LogP contribution in [0.3, 0.4) is 0 Å². The lowest BCUT2D eigenvalue weighted by Gasteiger charge is -2.33. The van der Waals surface area contributed by atoms with Crippen molar-refractivity contribution < 1.29 is 9.53 Å². The number of ether oxygens (including phenoxy) is 1. The van der Waals surface area contributed by atoms with E-state index < -0.39 is 0 Å². The fraction of sp³-hybridized carbons (Fsp3) is 0.286. The lowest BCUT2D eigenvalue weighted by Crippen LogP contribution is -2.36. The Labute approximate surface area is 160 Å². The second-order valence-electron chi connectivity index (χ2n) is 6.92. The molecule has 2 aromatic rings. The third kappa shape index (κ3) is 2.49. The second-order valence-corrected chi connectivity index (χ2v) is 7.71. The summed E-state index contributed by atoms with van der Waals surface area (Å²) in [5.41, 5.74) is 6.75. The van der Waals surface area contributed by atoms with Gasteiger partial charge in [0.2, 0.25) is 0 Å². The van der Waals surface area contributed by atoms with Crippen LogP contribution in [-0.2, 0) is 9.53 Å². The van der Waals surface area contributed by atoms with E-state index in [1.54, 1.807) is 0 Å². The van der Waals surface area contributed by atoms with Crippen LogP contribution in [0.1, 0.15) is 18.4 Å². The van der Waals surface area contributed by atoms with Gasteiger partial charge >= 0.3 is 0 Å². The fourth-order valence-electron chi connectivity index (χ4n) is 4.17. The van der Waals surface area contributed by atoms with E-state index in [-0.39, 0.29) is 5.78 Å². The van der Waals surface area contributed by atoms with Gasteiger partial charge in [-0.25, -0.2) is 0 Å². The first-order valence-corrected chi connectivity index (χ1v) is 9.78. The van der Waals surface area contributed by atoms with Gasteiger partial charge in [-0.1, -0.05) is 12.1 Å². The summed E-state index contributed by atoms with van der Waals surface area (Å²) in [6.45, 7) is 3.19. The molecule has 1 aromatic carbocycles. The Morgan fingerprint density at radius 1 is 1.12 bits per heavy atom. The number of morpholine rings is 1. The number of ketones is 1. The standard InChI is InChI=1S/C21H19BrN2O2/c22-21-16(3-4-19-17(21)5-6-23-19)14-1-2-15-18(14)11-13(12-20(15)25)24-7-9-26-10-8-24/h1,3-6,12,23H,2,7-11H2. The molecule has 26 heavy (non-hydrogen) atoms. The Hall–Kier alpha value is -2.11. The van der Waals surface area contributed by atoms with Crippen LogP contribution < -0.4 is 0 Å². The number of nitrogens with one attached hydrogen (secondary N) is 1. The maximum atomic E-state index is 12.7. The zero-order valence-electron chi connectivity index (χ0n) is 14.3. The quantitative estimate of drug-likeness (QED) is 0.806. The zero-order chi connectivity index (χ0) is 17.7. The largest absolute Gasteiger partial charge is 0.378 e. The van der Waals surface area contributed by atoms with E-state index >= 15 is 0 Å². The van der Waals surface area contributed by atoms with Gasteiger partial charge in [0.1, 0.15) is 0 Å². The molecule has 2 aliphatic carbocycles. The molecule has 0 atom stereocenters. The molecule has 5 heteroatoms. The summed E-state index contributed by atoms with van der Waals surface area (Å²) in [6.07, 6.45) is 7.55. The monoisotopic (exact) mass is 410 g/mol. The normalized spacial score (nSPS) is 20.5. The van der Waals surface area contributed by atoms with Crippen molar-refractivity contribution in [1.29, 1.82) is 0 Å². The molecular weight excluding hydrogens is 392 g/mol. The molecule has 0 radical (unpaired) electrons. The van der Waals surface area contributed by atoms with Crippen molar-refractivity contribution in [3.63, 3.8) is 0 Å². The minimum atomic E-state index is 0.165. The number of allylic oxidation sites excluding steroid dienone is 5. The summed E-state index contributed by atoms with van der Waals surface area (Å²) in [7, 11) is 0. The van der Waals surface area contributed by atoms with E-state index in [9.17, 15) is 4.79 Å². The van der Waals surface area contributed by atoms with Gasteiger partial charge in [0.25, 0.3) is 0 Å². The predicted molar refractivity (Wildman–Crippen MR) is 106 cm³/mol. The average Bonchev–Trinajstić information content (AvgIpc) is 3.30. The first-order chi connectivity index (χ1) is 12.7. The number of hydrogen-bond acceptors (Lipinski definition) is 3. The first-order valence-electron chi connectivity index (χ1n) is 8.98. The zero-order valence-corrected chi connectivity index (χ0v) is 15.9. The minimum absolute atomic E-state index is 0.165. The lowest BCUT2D eigenvalue weighted by molar-refractivity contribution is -0.111. The summed E-state index contributed by atoms with van der Waals surface area (Å²) < 4.78 is 6.55. The molecular formula is C21H19BrN2O2. The molecule has 3 aliphatic rings. The Kier molecular flexibility index (Phi) is 3.87. The van der Waals surface area contributed by atoms with E-state index in [0.29, 0.717) is 0 Å². The highest BCUT2D eigenvalue weighted by molar-refractivity contribution is 9.10. The van der Waals surface area contributed by atoms with Gasteiger partial charge in [0.15, 0.2) is 5.78 Å². The van der Waals surface area contributed by atoms with Crippen LogP contribution in [0.25, 0.3) is 16.5 Å². The van der Waals surface area contributed by atoms with E-state index in [0.717, 1.165) is 66.0 Å². The van der Waals surface area contributed by atoms with Gasteiger partial charge in [0, 0.05) is 58.4 Å². The molecule has 5 rings (SSSR count). The number of rotatable bonds is 2. The number of nitrogens with zero attached hydrogens (tertiary/aromatic N) is 1. The molecule has 1 N–H and O–H groups in total. The molecule has 1 aliphatic heterocycles. The number of benzene rings is 1. The highest BCUT2D eigenvalue weighted by Crippen LogP contribution is 2.44. The highest BCUT2D eigenvalue weighted by atomic mass is 79.9. The molecule has 132 valence electrons. The van der Waals surface area contributed by atoms with Crippen LogP contribution in [0, 0.1) is 0 Å². The number of fused-ring (bicyclic) bond motifs is 1. The second kappa shape index (κ2) is 6.25. The van der Waals surface area contributed by atoms with Gasteiger partial charge in [0.05, 0.1) is 13.2 Å². The minimum Gasteiger partial charge on any atom is -0.378 e. The third-order valence-corrected chi connectivity index (χ3v) is 6.38. The number of hydrogen-bond donors (Lipinski definition) is 1. The van der Waals surface area contributed by atoms with Crippen molar-refractivity contribution in [1.82, 2.24) is 9.88 Å². The number of aromatic nitrogens is 1. The average molecular weight is 411 g/mol. The summed E-state index contributed by atoms with van der Waals surface area (Å²) in [4.78, 5) is 18.3. The van der Waals surface area contributed by atoms with Gasteiger partial charge in [-0.2, -0.15) is 0 Å². The summed E-state index contributed by atoms with van der Waals surface area (Å²) in [5, 5.41) is 1.17. The number of H-pyrrole nitrogens is 1. The Bertz CT molecular complexity index is 1010. The topological polar surface area (TPSA) is 45.3 Å². The van der Waals surface area contributed by atoms with Crippen LogP contribution in [0.2, 0.25) is 0 Å². The van der Waals surface area contributed by atoms with Crippen molar-refractivity contribution in [3.8, 4) is 0 Å². The Balaban J connectivity index is 1.52. The van der Waals surface area contributed by atoms with Crippen LogP contribution in [-0.4, -0.2) is 42.0 Å². The van der Waals surface area contributed by atoms with Crippen molar-refractivity contribution in [3.05, 3.63) is 63.4 Å². The molecule has 0 spiro atoms. The van der Waals surface area contributed by atoms with Crippen molar-refractivity contribution in [2.45, 2.75) is 12.8 Å². The maximum Gasteiger partial charge on any atom is 0.184 e. The summed E-state index contributed by atoms with van der Waals surface area (Å²) in [6, 6.07) is 6.33. The number of halogens is 1. The molecule has 0 bridgehead atoms. The highest BCUT2D eigenvalue weighted by Gasteiger charge is 2.30. The molecule has 2 heterocycles. The molecule has 1 fully saturated rings. The summed E-state index contributed by atoms with van der Waals surface area (Å²) >= 11 is 3.78. The Morgan fingerprint density at radius 2 is 1.96 bits per heavy atom. The Morgan fingerprint density at radius 3 is 2.81 bits per heavy atom. The molecule has 0 amide bonds. The lowest BCUT2D eigenvalue weighted by atomic mass is 9.89. The van der Waals surface area contributed by atoms with E-state index in [4.69, 9.17) is 4.74 Å². The predicted octanol–water partition coefficient (Wildman–Crippen LogP) is 4.20. The number of aromatic amines is 1. The number of carbonyl (C=O) groups excluding carboxylic acids is 1. The van der Waals surface area contributed by atoms with E-state index in [1.165, 1.54) is 16.5 Å². The van der Waals surface area contributed by atoms with Gasteiger partial charge in [-0.15, -0.1) is 0 Å². The van der Waals surface area contributed by atoms with Crippen molar-refractivity contribution in [2.75, 3.05) is 26.3 Å². The van der Waals surface area contributed by atoms with Crippen molar-refractivity contribution in [2.24, 2.45) is 0 Å². The van der Waals surface area contributed by atoms with Crippen LogP contribution in [0.15, 0.2) is 57.9 Å². The van der Waals surface area contributed by atoms with Gasteiger partial charge < -0.3 is 14.6 Å². The fourth-order valence-corrected chi connectivity index (χ4v) is 4.86. The smallest absolute Gasteiger partial charge is 0.184 e. The van der Waals surface area contributed by atoms with Gasteiger partial charge in [-0.3, -0.25) is 4.79 Å². The van der Waals surface area contributed by atoms with E-state index in [2.05, 4.69) is 50.1 Å². The molecule has 0 saturated carbocycles. The van der Waals surface area contributed by atoms with Crippen LogP contribution in [0.5, 0.6) is 0 Å². The van der Waals surface area contributed by atoms with Crippen LogP contribution >= 0.6 is 15.9 Å². The van der Waals surface area contributed by atoms with Crippen LogP contribution in [0.4, 0.5) is 0 Å². The van der Waals surface area contributed by atoms with E-state index in [1.807, 2.05) is 12.3 Å². The third-order valence-electron chi connectivity index (χ3n) is 5.53. The summed E-state index contributed by atoms with van der Waals surface area (Å²) in [5.74, 6) is 0.165. The SMILES string of the molecule is O=C1C=C(N2CCOCC2)CC2=C1CC=C2c1ccc2[nH]ccc2c1Br. The maximum absolute atomic E-state index is 12.7. The molecule has 0 unspecified atom stereocenters. The first kappa shape index (κ1) is 16.1.